The third-order valence-corrected chi connectivity index (χ3v) is 3.09. The Morgan fingerprint density at radius 3 is 2.53 bits per heavy atom. The van der Waals surface area contributed by atoms with Crippen LogP contribution in [0.3, 0.4) is 0 Å². The number of aromatic nitrogens is 1. The summed E-state index contributed by atoms with van der Waals surface area (Å²) in [6.07, 6.45) is 1.85. The first-order valence-electron chi connectivity index (χ1n) is 5.87. The largest absolute Gasteiger partial charge is 0.392 e. The van der Waals surface area contributed by atoms with Crippen molar-refractivity contribution in [3.05, 3.63) is 30.1 Å². The van der Waals surface area contributed by atoms with E-state index in [-0.39, 0.29) is 0 Å². The third-order valence-electron chi connectivity index (χ3n) is 2.96. The molecule has 2 rings (SSSR count). The Kier molecular flexibility index (Phi) is 4.42. The molecule has 0 bridgehead atoms. The van der Waals surface area contributed by atoms with Gasteiger partial charge in [0, 0.05) is 45.5 Å². The number of piperazine rings is 1. The second kappa shape index (κ2) is 6.05. The van der Waals surface area contributed by atoms with Crippen LogP contribution in [0, 0.1) is 0 Å². The molecule has 17 heavy (non-hydrogen) atoms. The molecule has 1 saturated heterocycles. The number of nitrogens with two attached hydrogens (primary N) is 1. The molecule has 1 fully saturated rings. The van der Waals surface area contributed by atoms with Crippen LogP contribution in [0.5, 0.6) is 0 Å². The number of hydrogen-bond donors (Lipinski definition) is 1. The molecule has 0 spiro atoms. The zero-order chi connectivity index (χ0) is 12.1. The maximum absolute atomic E-state index is 5.55. The van der Waals surface area contributed by atoms with Gasteiger partial charge in [0.05, 0.1) is 10.7 Å². The first-order chi connectivity index (χ1) is 8.24. The van der Waals surface area contributed by atoms with Crippen LogP contribution >= 0.6 is 12.2 Å². The molecule has 2 heterocycles. The SMILES string of the molecule is NC(=S)CN1CCN(Cc2ccccn2)CC1. The predicted octanol–water partition coefficient (Wildman–Crippen LogP) is 0.485. The molecule has 5 heteroatoms. The molecular weight excluding hydrogens is 232 g/mol. The highest BCUT2D eigenvalue weighted by Crippen LogP contribution is 2.06. The summed E-state index contributed by atoms with van der Waals surface area (Å²) in [5, 5.41) is 0. The summed E-state index contributed by atoms with van der Waals surface area (Å²) in [5.74, 6) is 0. The van der Waals surface area contributed by atoms with E-state index in [9.17, 15) is 0 Å². The van der Waals surface area contributed by atoms with Gasteiger partial charge < -0.3 is 5.73 Å². The van der Waals surface area contributed by atoms with Crippen LogP contribution in [0.15, 0.2) is 24.4 Å². The minimum atomic E-state index is 0.586. The lowest BCUT2D eigenvalue weighted by Gasteiger charge is -2.34. The molecule has 4 nitrogen and oxygen atoms in total. The Morgan fingerprint density at radius 2 is 1.94 bits per heavy atom. The van der Waals surface area contributed by atoms with E-state index in [1.165, 1.54) is 0 Å². The van der Waals surface area contributed by atoms with E-state index in [4.69, 9.17) is 18.0 Å². The molecule has 1 aliphatic heterocycles. The summed E-state index contributed by atoms with van der Waals surface area (Å²) in [7, 11) is 0. The van der Waals surface area contributed by atoms with Crippen LogP contribution < -0.4 is 5.73 Å². The molecule has 0 aliphatic carbocycles. The summed E-state index contributed by atoms with van der Waals surface area (Å²) in [6, 6.07) is 6.05. The van der Waals surface area contributed by atoms with E-state index in [0.29, 0.717) is 4.99 Å². The molecule has 0 amide bonds. The summed E-state index contributed by atoms with van der Waals surface area (Å²) < 4.78 is 0. The van der Waals surface area contributed by atoms with Crippen LogP contribution in [0.25, 0.3) is 0 Å². The van der Waals surface area contributed by atoms with Crippen LogP contribution in [0.2, 0.25) is 0 Å². The molecule has 1 aromatic heterocycles. The van der Waals surface area contributed by atoms with Crippen molar-refractivity contribution in [2.24, 2.45) is 5.73 Å². The third kappa shape index (κ3) is 4.03. The van der Waals surface area contributed by atoms with Gasteiger partial charge in [-0.05, 0) is 12.1 Å². The smallest absolute Gasteiger partial charge is 0.0870 e. The molecule has 0 atom stereocenters. The Balaban J connectivity index is 1.78. The number of rotatable bonds is 4. The molecule has 1 aromatic rings. The van der Waals surface area contributed by atoms with Crippen molar-refractivity contribution in [1.82, 2.24) is 14.8 Å². The van der Waals surface area contributed by atoms with E-state index < -0.39 is 0 Å². The maximum atomic E-state index is 5.55. The van der Waals surface area contributed by atoms with Crippen LogP contribution in [-0.4, -0.2) is 52.5 Å². The topological polar surface area (TPSA) is 45.4 Å². The molecule has 0 radical (unpaired) electrons. The summed E-state index contributed by atoms with van der Waals surface area (Å²) >= 11 is 4.92. The van der Waals surface area contributed by atoms with E-state index in [0.717, 1.165) is 45.0 Å². The van der Waals surface area contributed by atoms with E-state index >= 15 is 0 Å². The first-order valence-corrected chi connectivity index (χ1v) is 6.28. The average Bonchev–Trinajstić information content (AvgIpc) is 2.32. The standard InChI is InChI=1S/C12H18N4S/c13-12(17)10-16-7-5-15(6-8-16)9-11-3-1-2-4-14-11/h1-4H,5-10H2,(H2,13,17). The van der Waals surface area contributed by atoms with Gasteiger partial charge in [-0.25, -0.2) is 0 Å². The fourth-order valence-corrected chi connectivity index (χ4v) is 2.23. The molecule has 0 aromatic carbocycles. The van der Waals surface area contributed by atoms with Gasteiger partial charge in [-0.2, -0.15) is 0 Å². The average molecular weight is 250 g/mol. The summed E-state index contributed by atoms with van der Waals surface area (Å²) in [4.78, 5) is 9.65. The molecule has 92 valence electrons. The lowest BCUT2D eigenvalue weighted by atomic mass is 10.2. The monoisotopic (exact) mass is 250 g/mol. The Labute approximate surface area is 107 Å². The summed E-state index contributed by atoms with van der Waals surface area (Å²) in [6.45, 7) is 5.85. The zero-order valence-electron chi connectivity index (χ0n) is 9.88. The van der Waals surface area contributed by atoms with Crippen LogP contribution in [0.4, 0.5) is 0 Å². The maximum Gasteiger partial charge on any atom is 0.0870 e. The number of hydrogen-bond acceptors (Lipinski definition) is 4. The van der Waals surface area contributed by atoms with Crippen molar-refractivity contribution in [2.45, 2.75) is 6.54 Å². The number of thiocarbonyl (C=S) groups is 1. The molecule has 0 unspecified atom stereocenters. The van der Waals surface area contributed by atoms with Crippen molar-refractivity contribution < 1.29 is 0 Å². The normalized spacial score (nSPS) is 18.1. The van der Waals surface area contributed by atoms with Gasteiger partial charge in [0.25, 0.3) is 0 Å². The lowest BCUT2D eigenvalue weighted by Crippen LogP contribution is -2.48. The quantitative estimate of drug-likeness (QED) is 0.788. The lowest BCUT2D eigenvalue weighted by molar-refractivity contribution is 0.139. The van der Waals surface area contributed by atoms with E-state index in [1.54, 1.807) is 0 Å². The molecule has 2 N–H and O–H groups in total. The fourth-order valence-electron chi connectivity index (χ4n) is 2.05. The van der Waals surface area contributed by atoms with Crippen molar-refractivity contribution in [3.63, 3.8) is 0 Å². The Bertz CT molecular complexity index is 360. The van der Waals surface area contributed by atoms with E-state index in [2.05, 4.69) is 20.9 Å². The van der Waals surface area contributed by atoms with Gasteiger partial charge in [-0.3, -0.25) is 14.8 Å². The molecular formula is C12H18N4S. The number of pyridine rings is 1. The minimum Gasteiger partial charge on any atom is -0.392 e. The van der Waals surface area contributed by atoms with Crippen molar-refractivity contribution in [1.29, 1.82) is 0 Å². The second-order valence-electron chi connectivity index (χ2n) is 4.34. The van der Waals surface area contributed by atoms with Crippen LogP contribution in [-0.2, 0) is 6.54 Å². The Hall–Kier alpha value is -1.04. The number of nitrogens with zero attached hydrogens (tertiary/aromatic N) is 3. The van der Waals surface area contributed by atoms with Gasteiger partial charge >= 0.3 is 0 Å². The van der Waals surface area contributed by atoms with Gasteiger partial charge in [-0.15, -0.1) is 0 Å². The molecule has 1 aliphatic rings. The first kappa shape index (κ1) is 12.4. The van der Waals surface area contributed by atoms with Gasteiger partial charge in [0.1, 0.15) is 0 Å². The van der Waals surface area contributed by atoms with Gasteiger partial charge in [-0.1, -0.05) is 18.3 Å². The van der Waals surface area contributed by atoms with Crippen molar-refractivity contribution in [2.75, 3.05) is 32.7 Å². The molecule has 0 saturated carbocycles. The Morgan fingerprint density at radius 1 is 1.24 bits per heavy atom. The fraction of sp³-hybridized carbons (Fsp3) is 0.500. The highest BCUT2D eigenvalue weighted by Gasteiger charge is 2.17. The van der Waals surface area contributed by atoms with Crippen molar-refractivity contribution >= 4 is 17.2 Å². The van der Waals surface area contributed by atoms with Crippen molar-refractivity contribution in [3.8, 4) is 0 Å². The highest BCUT2D eigenvalue weighted by molar-refractivity contribution is 7.80. The predicted molar refractivity (Wildman–Crippen MR) is 72.7 cm³/mol. The van der Waals surface area contributed by atoms with Gasteiger partial charge in [0.2, 0.25) is 0 Å². The zero-order valence-corrected chi connectivity index (χ0v) is 10.7. The van der Waals surface area contributed by atoms with Gasteiger partial charge in [0.15, 0.2) is 0 Å². The highest BCUT2D eigenvalue weighted by atomic mass is 32.1. The summed E-state index contributed by atoms with van der Waals surface area (Å²) in [5.41, 5.74) is 6.68. The minimum absolute atomic E-state index is 0.586. The second-order valence-corrected chi connectivity index (χ2v) is 4.86. The van der Waals surface area contributed by atoms with Crippen LogP contribution in [0.1, 0.15) is 5.69 Å². The van der Waals surface area contributed by atoms with E-state index in [1.807, 2.05) is 18.3 Å².